The lowest BCUT2D eigenvalue weighted by Crippen LogP contribution is -2.13. The molecule has 0 fully saturated rings. The number of aromatic nitrogens is 2. The third-order valence-corrected chi connectivity index (χ3v) is 3.05. The quantitative estimate of drug-likeness (QED) is 0.928. The van der Waals surface area contributed by atoms with Crippen LogP contribution >= 0.6 is 11.6 Å². The van der Waals surface area contributed by atoms with Gasteiger partial charge in [0.2, 0.25) is 6.79 Å². The van der Waals surface area contributed by atoms with E-state index in [1.165, 1.54) is 6.33 Å². The van der Waals surface area contributed by atoms with Crippen molar-refractivity contribution in [2.75, 3.05) is 6.79 Å². The molecule has 1 N–H and O–H groups in total. The summed E-state index contributed by atoms with van der Waals surface area (Å²) in [5, 5.41) is 3.87. The molecule has 19 heavy (non-hydrogen) atoms. The Hall–Kier alpha value is -1.85. The summed E-state index contributed by atoms with van der Waals surface area (Å²) in [7, 11) is 0. The van der Waals surface area contributed by atoms with E-state index in [-0.39, 0.29) is 6.79 Å². The molecule has 0 saturated heterocycles. The Morgan fingerprint density at radius 2 is 2.21 bits per heavy atom. The highest BCUT2D eigenvalue weighted by atomic mass is 35.5. The van der Waals surface area contributed by atoms with Crippen LogP contribution < -0.4 is 14.8 Å². The van der Waals surface area contributed by atoms with Crippen LogP contribution in [0.1, 0.15) is 11.3 Å². The number of rotatable bonds is 4. The number of nitrogens with zero attached hydrogens (tertiary/aromatic N) is 2. The molecule has 0 radical (unpaired) electrons. The summed E-state index contributed by atoms with van der Waals surface area (Å²) >= 11 is 6.12. The Kier molecular flexibility index (Phi) is 3.48. The first-order valence-electron chi connectivity index (χ1n) is 5.86. The number of nitrogens with one attached hydrogen (secondary N) is 1. The van der Waals surface area contributed by atoms with Crippen molar-refractivity contribution in [2.45, 2.75) is 13.1 Å². The molecule has 0 amide bonds. The van der Waals surface area contributed by atoms with Crippen molar-refractivity contribution in [3.63, 3.8) is 0 Å². The summed E-state index contributed by atoms with van der Waals surface area (Å²) in [5.41, 5.74) is 1.99. The minimum Gasteiger partial charge on any atom is -0.454 e. The maximum absolute atomic E-state index is 6.12. The molecule has 98 valence electrons. The summed E-state index contributed by atoms with van der Waals surface area (Å²) in [6.07, 6.45) is 3.26. The lowest BCUT2D eigenvalue weighted by Gasteiger charge is -2.06. The molecule has 5 nitrogen and oxygen atoms in total. The first kappa shape index (κ1) is 12.2. The number of benzene rings is 1. The van der Waals surface area contributed by atoms with E-state index in [2.05, 4.69) is 15.3 Å². The van der Waals surface area contributed by atoms with Gasteiger partial charge in [-0.05, 0) is 23.8 Å². The van der Waals surface area contributed by atoms with E-state index in [0.29, 0.717) is 29.6 Å². The van der Waals surface area contributed by atoms with Crippen LogP contribution in [0.25, 0.3) is 0 Å². The number of fused-ring (bicyclic) bond motifs is 1. The molecule has 2 heterocycles. The Balaban J connectivity index is 1.63. The molecular weight excluding hydrogens is 266 g/mol. The fourth-order valence-electron chi connectivity index (χ4n) is 1.88. The fourth-order valence-corrected chi connectivity index (χ4v) is 2.17. The molecule has 3 rings (SSSR count). The van der Waals surface area contributed by atoms with Gasteiger partial charge in [-0.2, -0.15) is 0 Å². The molecule has 1 aromatic carbocycles. The first-order valence-corrected chi connectivity index (χ1v) is 6.24. The predicted molar refractivity (Wildman–Crippen MR) is 70.2 cm³/mol. The average molecular weight is 278 g/mol. The van der Waals surface area contributed by atoms with E-state index >= 15 is 0 Å². The third-order valence-electron chi connectivity index (χ3n) is 2.77. The minimum atomic E-state index is 0.229. The largest absolute Gasteiger partial charge is 0.454 e. The van der Waals surface area contributed by atoms with Crippen molar-refractivity contribution >= 4 is 11.6 Å². The van der Waals surface area contributed by atoms with Gasteiger partial charge >= 0.3 is 0 Å². The van der Waals surface area contributed by atoms with E-state index < -0.39 is 0 Å². The van der Waals surface area contributed by atoms with Crippen molar-refractivity contribution in [1.82, 2.24) is 15.3 Å². The zero-order chi connectivity index (χ0) is 13.1. The van der Waals surface area contributed by atoms with Crippen LogP contribution in [0.4, 0.5) is 0 Å². The zero-order valence-electron chi connectivity index (χ0n) is 10.1. The number of hydrogen-bond donors (Lipinski definition) is 1. The van der Waals surface area contributed by atoms with E-state index in [9.17, 15) is 0 Å². The lowest BCUT2D eigenvalue weighted by atomic mass is 10.2. The second-order valence-electron chi connectivity index (χ2n) is 4.12. The van der Waals surface area contributed by atoms with Gasteiger partial charge in [0.15, 0.2) is 11.5 Å². The molecule has 0 bridgehead atoms. The number of halogens is 1. The SMILES string of the molecule is Clc1cc(CNCc2ccncn2)cc2c1OCO2. The van der Waals surface area contributed by atoms with Gasteiger partial charge in [-0.25, -0.2) is 9.97 Å². The second kappa shape index (κ2) is 5.42. The van der Waals surface area contributed by atoms with Gasteiger partial charge in [-0.3, -0.25) is 0 Å². The van der Waals surface area contributed by atoms with Crippen molar-refractivity contribution in [1.29, 1.82) is 0 Å². The molecule has 6 heteroatoms. The molecule has 2 aromatic rings. The van der Waals surface area contributed by atoms with E-state index in [1.54, 1.807) is 6.20 Å². The van der Waals surface area contributed by atoms with Gasteiger partial charge < -0.3 is 14.8 Å². The van der Waals surface area contributed by atoms with Crippen LogP contribution in [-0.4, -0.2) is 16.8 Å². The Bertz CT molecular complexity index is 578. The van der Waals surface area contributed by atoms with Crippen LogP contribution in [0.2, 0.25) is 5.02 Å². The molecule has 0 unspecified atom stereocenters. The maximum Gasteiger partial charge on any atom is 0.231 e. The van der Waals surface area contributed by atoms with Gasteiger partial charge in [-0.1, -0.05) is 11.6 Å². The molecule has 1 aromatic heterocycles. The third kappa shape index (κ3) is 2.77. The first-order chi connectivity index (χ1) is 9.33. The van der Waals surface area contributed by atoms with Crippen LogP contribution in [0, 0.1) is 0 Å². The van der Waals surface area contributed by atoms with Crippen molar-refractivity contribution in [3.05, 3.63) is 47.0 Å². The van der Waals surface area contributed by atoms with E-state index in [1.807, 2.05) is 18.2 Å². The number of ether oxygens (including phenoxy) is 2. The molecular formula is C13H12ClN3O2. The molecule has 0 aliphatic carbocycles. The predicted octanol–water partition coefficient (Wildman–Crippen LogP) is 2.15. The molecule has 1 aliphatic heterocycles. The highest BCUT2D eigenvalue weighted by Crippen LogP contribution is 2.39. The maximum atomic E-state index is 6.12. The van der Waals surface area contributed by atoms with Crippen LogP contribution in [0.5, 0.6) is 11.5 Å². The van der Waals surface area contributed by atoms with Crippen LogP contribution in [0.3, 0.4) is 0 Å². The van der Waals surface area contributed by atoms with Gasteiger partial charge in [0, 0.05) is 19.3 Å². The molecule has 0 atom stereocenters. The smallest absolute Gasteiger partial charge is 0.231 e. The monoisotopic (exact) mass is 277 g/mol. The Morgan fingerprint density at radius 1 is 1.26 bits per heavy atom. The van der Waals surface area contributed by atoms with Crippen LogP contribution in [0.15, 0.2) is 30.7 Å². The summed E-state index contributed by atoms with van der Waals surface area (Å²) < 4.78 is 10.6. The Labute approximate surface area is 115 Å². The number of hydrogen-bond acceptors (Lipinski definition) is 5. The van der Waals surface area contributed by atoms with Crippen LogP contribution in [-0.2, 0) is 13.1 Å². The molecule has 0 saturated carbocycles. The normalized spacial score (nSPS) is 12.7. The fraction of sp³-hybridized carbons (Fsp3) is 0.231. The van der Waals surface area contributed by atoms with Crippen molar-refractivity contribution < 1.29 is 9.47 Å². The topological polar surface area (TPSA) is 56.3 Å². The summed E-state index contributed by atoms with van der Waals surface area (Å²) in [5.74, 6) is 1.33. The van der Waals surface area contributed by atoms with Crippen molar-refractivity contribution in [3.8, 4) is 11.5 Å². The van der Waals surface area contributed by atoms with Gasteiger partial charge in [0.05, 0.1) is 10.7 Å². The molecule has 1 aliphatic rings. The second-order valence-corrected chi connectivity index (χ2v) is 4.52. The standard InChI is InChI=1S/C13H12ClN3O2/c14-11-3-9(4-12-13(11)19-8-18-12)5-16-6-10-1-2-15-7-17-10/h1-4,7,16H,5-6,8H2. The highest BCUT2D eigenvalue weighted by Gasteiger charge is 2.17. The highest BCUT2D eigenvalue weighted by molar-refractivity contribution is 6.32. The lowest BCUT2D eigenvalue weighted by molar-refractivity contribution is 0.174. The van der Waals surface area contributed by atoms with Gasteiger partial charge in [-0.15, -0.1) is 0 Å². The average Bonchev–Trinajstić information content (AvgIpc) is 2.89. The van der Waals surface area contributed by atoms with E-state index in [0.717, 1.165) is 11.3 Å². The minimum absolute atomic E-state index is 0.229. The Morgan fingerprint density at radius 3 is 3.05 bits per heavy atom. The van der Waals surface area contributed by atoms with Gasteiger partial charge in [0.25, 0.3) is 0 Å². The van der Waals surface area contributed by atoms with E-state index in [4.69, 9.17) is 21.1 Å². The summed E-state index contributed by atoms with van der Waals surface area (Å²) in [4.78, 5) is 8.02. The summed E-state index contributed by atoms with van der Waals surface area (Å²) in [6.45, 7) is 1.59. The van der Waals surface area contributed by atoms with Crippen molar-refractivity contribution in [2.24, 2.45) is 0 Å². The summed E-state index contributed by atoms with van der Waals surface area (Å²) in [6, 6.07) is 5.68. The molecule has 0 spiro atoms. The zero-order valence-corrected chi connectivity index (χ0v) is 10.9. The van der Waals surface area contributed by atoms with Gasteiger partial charge in [0.1, 0.15) is 6.33 Å².